The summed E-state index contributed by atoms with van der Waals surface area (Å²) in [4.78, 5) is 19.1. The van der Waals surface area contributed by atoms with Crippen LogP contribution in [0.5, 0.6) is 0 Å². The van der Waals surface area contributed by atoms with E-state index in [4.69, 9.17) is 9.72 Å². The minimum atomic E-state index is -0.0892. The molecule has 0 aromatic carbocycles. The van der Waals surface area contributed by atoms with Gasteiger partial charge in [0.1, 0.15) is 5.52 Å². The van der Waals surface area contributed by atoms with E-state index in [1.165, 1.54) is 0 Å². The molecule has 0 bridgehead atoms. The predicted molar refractivity (Wildman–Crippen MR) is 106 cm³/mol. The molecule has 0 radical (unpaired) electrons. The first-order chi connectivity index (χ1) is 13.8. The first kappa shape index (κ1) is 17.2. The number of morpholine rings is 1. The zero-order valence-electron chi connectivity index (χ0n) is 15.7. The Labute approximate surface area is 163 Å². The van der Waals surface area contributed by atoms with Crippen LogP contribution < -0.4 is 15.5 Å². The number of nitrogens with one attached hydrogen (secondary N) is 2. The van der Waals surface area contributed by atoms with E-state index in [2.05, 4.69) is 26.7 Å². The highest BCUT2D eigenvalue weighted by molar-refractivity contribution is 5.77. The molecule has 0 spiro atoms. The van der Waals surface area contributed by atoms with Crippen molar-refractivity contribution in [3.8, 4) is 0 Å². The first-order valence-electron chi connectivity index (χ1n) is 9.90. The van der Waals surface area contributed by atoms with Gasteiger partial charge in [0.25, 0.3) is 0 Å². The van der Waals surface area contributed by atoms with Crippen LogP contribution in [-0.4, -0.2) is 59.0 Å². The number of fused-ring (bicyclic) bond motifs is 1. The number of nitrogens with zero attached hydrogens (tertiary/aromatic N) is 4. The van der Waals surface area contributed by atoms with E-state index >= 15 is 0 Å². The van der Waals surface area contributed by atoms with E-state index in [1.54, 1.807) is 0 Å². The largest absolute Gasteiger partial charge is 0.378 e. The van der Waals surface area contributed by atoms with Gasteiger partial charge in [-0.15, -0.1) is 5.10 Å². The minimum absolute atomic E-state index is 0.00322. The lowest BCUT2D eigenvalue weighted by Gasteiger charge is -2.28. The third-order valence-electron chi connectivity index (χ3n) is 5.27. The van der Waals surface area contributed by atoms with E-state index in [1.807, 2.05) is 35.0 Å². The van der Waals surface area contributed by atoms with Gasteiger partial charge in [-0.3, -0.25) is 0 Å². The van der Waals surface area contributed by atoms with Crippen molar-refractivity contribution in [1.82, 2.24) is 25.2 Å². The second-order valence-electron chi connectivity index (χ2n) is 7.45. The van der Waals surface area contributed by atoms with Gasteiger partial charge in [-0.2, -0.15) is 0 Å². The predicted octanol–water partition coefficient (Wildman–Crippen LogP) is 1.74. The van der Waals surface area contributed by atoms with Gasteiger partial charge in [0.15, 0.2) is 11.6 Å². The van der Waals surface area contributed by atoms with E-state index in [0.717, 1.165) is 49.3 Å². The molecule has 2 aromatic rings. The lowest BCUT2D eigenvalue weighted by molar-refractivity contribution is 0.122. The Balaban J connectivity index is 1.34. The molecule has 1 saturated heterocycles. The number of carbonyl (C=O) groups is 1. The number of hydrogen-bond donors (Lipinski definition) is 2. The molecule has 2 fully saturated rings. The lowest BCUT2D eigenvalue weighted by Crippen LogP contribution is -2.42. The van der Waals surface area contributed by atoms with Crippen LogP contribution in [0.1, 0.15) is 25.1 Å². The van der Waals surface area contributed by atoms with Gasteiger partial charge in [-0.25, -0.2) is 14.3 Å². The SMILES string of the molecule is O=C(NC1C=CC(c2nc(N3CCOCC3)c3cccn3n2)=CC1)NC1CC1. The first-order valence-corrected chi connectivity index (χ1v) is 9.90. The fraction of sp³-hybridized carbons (Fsp3) is 0.450. The maximum atomic E-state index is 11.9. The second kappa shape index (κ2) is 7.27. The molecule has 2 aliphatic carbocycles. The number of ether oxygens (including phenoxy) is 1. The van der Waals surface area contributed by atoms with Crippen LogP contribution in [0.2, 0.25) is 0 Å². The van der Waals surface area contributed by atoms with Crippen LogP contribution in [0.3, 0.4) is 0 Å². The highest BCUT2D eigenvalue weighted by Gasteiger charge is 2.24. The average Bonchev–Trinajstić information content (AvgIpc) is 3.40. The molecule has 1 atom stereocenters. The Morgan fingerprint density at radius 2 is 2.07 bits per heavy atom. The van der Waals surface area contributed by atoms with Gasteiger partial charge in [0.2, 0.25) is 0 Å². The summed E-state index contributed by atoms with van der Waals surface area (Å²) in [5, 5.41) is 10.6. The number of anilines is 1. The zero-order valence-corrected chi connectivity index (χ0v) is 15.7. The monoisotopic (exact) mass is 380 g/mol. The number of rotatable bonds is 4. The molecule has 1 unspecified atom stereocenters. The summed E-state index contributed by atoms with van der Waals surface area (Å²) in [6.45, 7) is 3.08. The zero-order chi connectivity index (χ0) is 18.9. The lowest BCUT2D eigenvalue weighted by atomic mass is 10.0. The number of amides is 2. The minimum Gasteiger partial charge on any atom is -0.378 e. The van der Waals surface area contributed by atoms with Gasteiger partial charge in [0, 0.05) is 30.9 Å². The Kier molecular flexibility index (Phi) is 4.48. The van der Waals surface area contributed by atoms with E-state index < -0.39 is 0 Å². The standard InChI is InChI=1S/C20H24N6O2/c27-20(22-16-7-8-16)21-15-5-3-14(4-6-15)18-23-19(25-10-12-28-13-11-25)17-2-1-9-26(17)24-18/h1-5,9,15-16H,6-8,10-13H2,(H2,21,22,27). The molecule has 2 amide bonds. The summed E-state index contributed by atoms with van der Waals surface area (Å²) in [7, 11) is 0. The summed E-state index contributed by atoms with van der Waals surface area (Å²) >= 11 is 0. The van der Waals surface area contributed by atoms with Crippen LogP contribution in [0.15, 0.2) is 36.6 Å². The van der Waals surface area contributed by atoms with Gasteiger partial charge in [0.05, 0.1) is 19.3 Å². The summed E-state index contributed by atoms with van der Waals surface area (Å²) in [6, 6.07) is 4.29. The van der Waals surface area contributed by atoms with E-state index in [9.17, 15) is 4.79 Å². The van der Waals surface area contributed by atoms with E-state index in [0.29, 0.717) is 25.1 Å². The van der Waals surface area contributed by atoms with Crippen LogP contribution in [0.4, 0.5) is 10.6 Å². The molecular formula is C20H24N6O2. The number of allylic oxidation sites excluding steroid dienone is 2. The van der Waals surface area contributed by atoms with Crippen molar-refractivity contribution in [2.24, 2.45) is 0 Å². The molecule has 1 aliphatic heterocycles. The summed E-state index contributed by atoms with van der Waals surface area (Å²) in [5.74, 6) is 1.64. The summed E-state index contributed by atoms with van der Waals surface area (Å²) in [5.41, 5.74) is 1.98. The molecule has 2 aromatic heterocycles. The third kappa shape index (κ3) is 3.60. The maximum Gasteiger partial charge on any atom is 0.315 e. The Morgan fingerprint density at radius 3 is 2.82 bits per heavy atom. The normalized spacial score (nSPS) is 22.2. The topological polar surface area (TPSA) is 83.8 Å². The van der Waals surface area contributed by atoms with Gasteiger partial charge < -0.3 is 20.3 Å². The van der Waals surface area contributed by atoms with Crippen molar-refractivity contribution in [3.63, 3.8) is 0 Å². The molecular weight excluding hydrogens is 356 g/mol. The molecule has 5 rings (SSSR count). The second-order valence-corrected chi connectivity index (χ2v) is 7.45. The van der Waals surface area contributed by atoms with Gasteiger partial charge in [-0.1, -0.05) is 18.2 Å². The average molecular weight is 380 g/mol. The van der Waals surface area contributed by atoms with Crippen molar-refractivity contribution in [2.75, 3.05) is 31.2 Å². The number of hydrogen-bond acceptors (Lipinski definition) is 5. The third-order valence-corrected chi connectivity index (χ3v) is 5.27. The maximum absolute atomic E-state index is 11.9. The number of urea groups is 1. The van der Waals surface area contributed by atoms with Crippen molar-refractivity contribution in [2.45, 2.75) is 31.3 Å². The quantitative estimate of drug-likeness (QED) is 0.844. The Morgan fingerprint density at radius 1 is 1.21 bits per heavy atom. The van der Waals surface area contributed by atoms with Crippen molar-refractivity contribution in [3.05, 3.63) is 42.4 Å². The van der Waals surface area contributed by atoms with E-state index in [-0.39, 0.29) is 12.1 Å². The molecule has 8 nitrogen and oxygen atoms in total. The van der Waals surface area contributed by atoms with Gasteiger partial charge >= 0.3 is 6.03 Å². The molecule has 3 aliphatic rings. The molecule has 28 heavy (non-hydrogen) atoms. The highest BCUT2D eigenvalue weighted by Crippen LogP contribution is 2.25. The van der Waals surface area contributed by atoms with Crippen LogP contribution in [-0.2, 0) is 4.74 Å². The molecule has 8 heteroatoms. The van der Waals surface area contributed by atoms with Gasteiger partial charge in [-0.05, 0) is 31.4 Å². The summed E-state index contributed by atoms with van der Waals surface area (Å²) in [6.07, 6.45) is 11.0. The fourth-order valence-electron chi connectivity index (χ4n) is 3.57. The van der Waals surface area contributed by atoms with Crippen LogP contribution in [0.25, 0.3) is 11.1 Å². The highest BCUT2D eigenvalue weighted by atomic mass is 16.5. The smallest absolute Gasteiger partial charge is 0.315 e. The molecule has 146 valence electrons. The molecule has 2 N–H and O–H groups in total. The van der Waals surface area contributed by atoms with Crippen LogP contribution in [0, 0.1) is 0 Å². The van der Waals surface area contributed by atoms with Crippen molar-refractivity contribution >= 4 is 22.9 Å². The molecule has 3 heterocycles. The summed E-state index contributed by atoms with van der Waals surface area (Å²) < 4.78 is 7.36. The van der Waals surface area contributed by atoms with Crippen molar-refractivity contribution < 1.29 is 9.53 Å². The molecule has 1 saturated carbocycles. The van der Waals surface area contributed by atoms with Crippen molar-refractivity contribution in [1.29, 1.82) is 0 Å². The fourth-order valence-corrected chi connectivity index (χ4v) is 3.57. The number of aromatic nitrogens is 3. The number of carbonyl (C=O) groups excluding carboxylic acids is 1. The van der Waals surface area contributed by atoms with Crippen LogP contribution >= 0.6 is 0 Å². The Hall–Kier alpha value is -2.87. The Bertz CT molecular complexity index is 939.